The van der Waals surface area contributed by atoms with Crippen LogP contribution in [0.5, 0.6) is 0 Å². The highest BCUT2D eigenvalue weighted by atomic mass is 31.2. The minimum atomic E-state index is -4.41. The highest BCUT2D eigenvalue weighted by Crippen LogP contribution is 2.35. The number of hydrogen-bond donors (Lipinski definition) is 5. The molecule has 0 amide bonds. The van der Waals surface area contributed by atoms with Crippen molar-refractivity contribution in [2.75, 3.05) is 112 Å². The van der Waals surface area contributed by atoms with E-state index in [2.05, 4.69) is 11.4 Å². The van der Waals surface area contributed by atoms with Crippen molar-refractivity contribution in [2.24, 2.45) is 0 Å². The molecular formula is C26H58NO12P. The number of ether oxygens (including phenoxy) is 5. The predicted molar refractivity (Wildman–Crippen MR) is 152 cm³/mol. The second-order valence-electron chi connectivity index (χ2n) is 8.87. The molecule has 0 aliphatic heterocycles. The zero-order valence-electron chi connectivity index (χ0n) is 24.7. The number of aliphatic hydroxyl groups excluding tert-OH is 3. The lowest BCUT2D eigenvalue weighted by molar-refractivity contribution is -0.0134. The van der Waals surface area contributed by atoms with Crippen LogP contribution in [-0.2, 0) is 32.8 Å². The van der Waals surface area contributed by atoms with Crippen LogP contribution in [0.25, 0.3) is 0 Å². The highest BCUT2D eigenvalue weighted by Gasteiger charge is 2.12. The van der Waals surface area contributed by atoms with E-state index < -0.39 is 7.82 Å². The second kappa shape index (κ2) is 34.9. The summed E-state index contributed by atoms with van der Waals surface area (Å²) in [7, 11) is -4.41. The standard InChI is InChI=1S/C20H43O9P.C6H15NO3/c1-2-3-4-5-6-7-8-9-10-24-11-12-25-13-14-26-15-16-27-17-18-28-19-20-29-30(21,22)23;8-4-1-7(2-5-9)3-6-10/h2-20H2,1H3,(H2,21,22,23);8-10H,1-6H2. The Kier molecular flexibility index (Phi) is 36.6. The average molecular weight is 608 g/mol. The summed E-state index contributed by atoms with van der Waals surface area (Å²) in [6, 6.07) is 0. The molecule has 13 nitrogen and oxygen atoms in total. The third-order valence-corrected chi connectivity index (χ3v) is 5.89. The third-order valence-electron chi connectivity index (χ3n) is 5.37. The summed E-state index contributed by atoms with van der Waals surface area (Å²) in [6.07, 6.45) is 10.4. The molecule has 0 radical (unpaired) electrons. The molecule has 0 rings (SSSR count). The van der Waals surface area contributed by atoms with Crippen LogP contribution in [0.3, 0.4) is 0 Å². The lowest BCUT2D eigenvalue weighted by Crippen LogP contribution is -2.32. The quantitative estimate of drug-likeness (QED) is 0.0568. The number of rotatable bonds is 31. The largest absolute Gasteiger partial charge is 0.469 e. The van der Waals surface area contributed by atoms with E-state index in [0.717, 1.165) is 13.0 Å². The maximum absolute atomic E-state index is 10.4. The maximum Gasteiger partial charge on any atom is 0.469 e. The maximum atomic E-state index is 10.4. The zero-order chi connectivity index (χ0) is 30.0. The minimum absolute atomic E-state index is 0.0694. The average Bonchev–Trinajstić information content (AvgIpc) is 2.91. The molecule has 0 aliphatic carbocycles. The van der Waals surface area contributed by atoms with Crippen molar-refractivity contribution >= 4 is 7.82 Å². The monoisotopic (exact) mass is 607 g/mol. The van der Waals surface area contributed by atoms with Crippen molar-refractivity contribution in [3.8, 4) is 0 Å². The van der Waals surface area contributed by atoms with Crippen LogP contribution in [-0.4, -0.2) is 142 Å². The van der Waals surface area contributed by atoms with Gasteiger partial charge in [0, 0.05) is 26.2 Å². The van der Waals surface area contributed by atoms with Crippen molar-refractivity contribution in [1.29, 1.82) is 0 Å². The molecule has 0 heterocycles. The van der Waals surface area contributed by atoms with Crippen molar-refractivity contribution in [2.45, 2.75) is 58.3 Å². The van der Waals surface area contributed by atoms with E-state index in [1.54, 1.807) is 4.90 Å². The van der Waals surface area contributed by atoms with E-state index in [9.17, 15) is 4.57 Å². The summed E-state index contributed by atoms with van der Waals surface area (Å²) in [5.41, 5.74) is 0. The van der Waals surface area contributed by atoms with E-state index in [1.807, 2.05) is 0 Å². The van der Waals surface area contributed by atoms with Gasteiger partial charge in [-0.1, -0.05) is 51.9 Å². The molecule has 14 heteroatoms. The number of aliphatic hydroxyl groups is 3. The normalized spacial score (nSPS) is 11.7. The molecule has 0 spiro atoms. The summed E-state index contributed by atoms with van der Waals surface area (Å²) in [6.45, 7) is 8.63. The Morgan fingerprint density at radius 2 is 0.825 bits per heavy atom. The number of unbranched alkanes of at least 4 members (excludes halogenated alkanes) is 7. The first-order chi connectivity index (χ1) is 19.4. The molecule has 244 valence electrons. The summed E-state index contributed by atoms with van der Waals surface area (Å²) in [5.74, 6) is 0. The van der Waals surface area contributed by atoms with E-state index in [-0.39, 0.29) is 33.0 Å². The fourth-order valence-corrected chi connectivity index (χ4v) is 3.61. The van der Waals surface area contributed by atoms with Gasteiger partial charge in [-0.2, -0.15) is 0 Å². The van der Waals surface area contributed by atoms with Crippen molar-refractivity contribution < 1.29 is 57.9 Å². The van der Waals surface area contributed by atoms with Crippen LogP contribution in [0.2, 0.25) is 0 Å². The predicted octanol–water partition coefficient (Wildman–Crippen LogP) is 1.58. The van der Waals surface area contributed by atoms with Gasteiger partial charge >= 0.3 is 7.82 Å². The van der Waals surface area contributed by atoms with Crippen molar-refractivity contribution in [1.82, 2.24) is 4.90 Å². The van der Waals surface area contributed by atoms with Crippen LogP contribution in [0.15, 0.2) is 0 Å². The number of hydrogen-bond acceptors (Lipinski definition) is 11. The molecule has 0 aromatic heterocycles. The van der Waals surface area contributed by atoms with Crippen LogP contribution >= 0.6 is 7.82 Å². The van der Waals surface area contributed by atoms with Gasteiger partial charge in [-0.05, 0) is 6.42 Å². The van der Waals surface area contributed by atoms with Gasteiger partial charge in [0.15, 0.2) is 0 Å². The van der Waals surface area contributed by atoms with E-state index in [4.69, 9.17) is 48.8 Å². The zero-order valence-corrected chi connectivity index (χ0v) is 25.6. The van der Waals surface area contributed by atoms with Gasteiger partial charge in [0.25, 0.3) is 0 Å². The molecule has 0 bridgehead atoms. The third kappa shape index (κ3) is 39.9. The molecule has 0 aromatic carbocycles. The molecule has 40 heavy (non-hydrogen) atoms. The van der Waals surface area contributed by atoms with Crippen LogP contribution < -0.4 is 0 Å². The van der Waals surface area contributed by atoms with Crippen molar-refractivity contribution in [3.05, 3.63) is 0 Å². The first kappa shape index (κ1) is 41.9. The Morgan fingerprint density at radius 1 is 0.500 bits per heavy atom. The number of phosphoric acid groups is 1. The summed E-state index contributed by atoms with van der Waals surface area (Å²) >= 11 is 0. The molecule has 0 saturated heterocycles. The first-order valence-corrected chi connectivity index (χ1v) is 16.1. The second-order valence-corrected chi connectivity index (χ2v) is 10.1. The van der Waals surface area contributed by atoms with E-state index in [1.165, 1.54) is 44.9 Å². The summed E-state index contributed by atoms with van der Waals surface area (Å²) in [4.78, 5) is 18.7. The van der Waals surface area contributed by atoms with Crippen LogP contribution in [0, 0.1) is 0 Å². The van der Waals surface area contributed by atoms with Gasteiger partial charge in [0.05, 0.1) is 85.9 Å². The highest BCUT2D eigenvalue weighted by molar-refractivity contribution is 7.46. The van der Waals surface area contributed by atoms with Gasteiger partial charge in [-0.15, -0.1) is 0 Å². The van der Waals surface area contributed by atoms with Crippen molar-refractivity contribution in [3.63, 3.8) is 0 Å². The van der Waals surface area contributed by atoms with Gasteiger partial charge in [-0.25, -0.2) is 4.57 Å². The van der Waals surface area contributed by atoms with E-state index >= 15 is 0 Å². The molecular weight excluding hydrogens is 549 g/mol. The Bertz CT molecular complexity index is 502. The fourth-order valence-electron chi connectivity index (χ4n) is 3.29. The summed E-state index contributed by atoms with van der Waals surface area (Å²) in [5, 5.41) is 25.5. The number of nitrogens with zero attached hydrogens (tertiary/aromatic N) is 1. The molecule has 0 unspecified atom stereocenters. The molecule has 0 atom stereocenters. The molecule has 0 aliphatic rings. The topological polar surface area (TPSA) is 177 Å². The lowest BCUT2D eigenvalue weighted by Gasteiger charge is -2.17. The Morgan fingerprint density at radius 3 is 1.18 bits per heavy atom. The van der Waals surface area contributed by atoms with E-state index in [0.29, 0.717) is 72.5 Å². The SMILES string of the molecule is CCCCCCCCCCOCCOCCOCCOCCOCCOP(=O)(O)O.OCCN(CCO)CCO. The van der Waals surface area contributed by atoms with Gasteiger partial charge < -0.3 is 48.8 Å². The lowest BCUT2D eigenvalue weighted by atomic mass is 10.1. The van der Waals surface area contributed by atoms with Gasteiger partial charge in [0.1, 0.15) is 0 Å². The van der Waals surface area contributed by atoms with Gasteiger partial charge in [-0.3, -0.25) is 9.42 Å². The Balaban J connectivity index is 0. The number of phosphoric ester groups is 1. The summed E-state index contributed by atoms with van der Waals surface area (Å²) < 4.78 is 41.4. The molecule has 0 aromatic rings. The van der Waals surface area contributed by atoms with Crippen LogP contribution in [0.4, 0.5) is 0 Å². The minimum Gasteiger partial charge on any atom is -0.395 e. The molecule has 5 N–H and O–H groups in total. The van der Waals surface area contributed by atoms with Crippen LogP contribution in [0.1, 0.15) is 58.3 Å². The smallest absolute Gasteiger partial charge is 0.395 e. The Labute approximate surface area is 241 Å². The molecule has 0 saturated carbocycles. The fraction of sp³-hybridized carbons (Fsp3) is 1.00. The molecule has 0 fully saturated rings. The first-order valence-electron chi connectivity index (χ1n) is 14.5. The Hall–Kier alpha value is -0.250. The van der Waals surface area contributed by atoms with Gasteiger partial charge in [0.2, 0.25) is 0 Å².